The largest absolute Gasteiger partial charge is 0.358 e. The Balaban J connectivity index is 1.37. The van der Waals surface area contributed by atoms with E-state index in [0.29, 0.717) is 38.8 Å². The number of rotatable bonds is 9. The van der Waals surface area contributed by atoms with Crippen LogP contribution in [0.4, 0.5) is 0 Å². The minimum atomic E-state index is -0.550. The molecule has 1 saturated carbocycles. The monoisotopic (exact) mass is 483 g/mol. The zero-order chi connectivity index (χ0) is 23.8. The fourth-order valence-electron chi connectivity index (χ4n) is 5.24. The van der Waals surface area contributed by atoms with Crippen molar-refractivity contribution >= 4 is 23.2 Å². The highest BCUT2D eigenvalue weighted by Crippen LogP contribution is 2.36. The summed E-state index contributed by atoms with van der Waals surface area (Å²) in [5, 5.41) is 5.07. The van der Waals surface area contributed by atoms with E-state index < -0.39 is 11.5 Å². The maximum Gasteiger partial charge on any atom is 0.239 e. The maximum absolute atomic E-state index is 13.5. The predicted octanol–water partition coefficient (Wildman–Crippen LogP) is 3.89. The van der Waals surface area contributed by atoms with Crippen molar-refractivity contribution in [2.45, 2.75) is 69.9 Å². The standard InChI is InChI=1S/C27H37N3O3S/c28-24(18-23-12-7-17-34-23)25(31)30-15-13-27(14-16-30,19-21-8-3-1-4-9-21)26(32)29-20-33-22-10-5-2-6-11-22/h1,3-4,7-9,12,17,22,24H,2,5-6,10-11,13-16,18-20,28H2,(H,29,32)/t24-/m0/s1. The van der Waals surface area contributed by atoms with Gasteiger partial charge in [-0.25, -0.2) is 0 Å². The molecule has 0 unspecified atom stereocenters. The molecule has 2 aromatic rings. The van der Waals surface area contributed by atoms with Crippen molar-refractivity contribution in [1.29, 1.82) is 0 Å². The van der Waals surface area contributed by atoms with Crippen LogP contribution >= 0.6 is 11.3 Å². The molecule has 6 nitrogen and oxygen atoms in total. The predicted molar refractivity (Wildman–Crippen MR) is 135 cm³/mol. The zero-order valence-electron chi connectivity index (χ0n) is 19.9. The second kappa shape index (κ2) is 12.0. The molecule has 2 heterocycles. The van der Waals surface area contributed by atoms with Gasteiger partial charge in [0.15, 0.2) is 0 Å². The van der Waals surface area contributed by atoms with Gasteiger partial charge in [-0.2, -0.15) is 0 Å². The van der Waals surface area contributed by atoms with Crippen molar-refractivity contribution in [2.24, 2.45) is 11.1 Å². The van der Waals surface area contributed by atoms with Gasteiger partial charge in [0.1, 0.15) is 6.73 Å². The van der Waals surface area contributed by atoms with E-state index in [4.69, 9.17) is 10.5 Å². The van der Waals surface area contributed by atoms with E-state index in [1.165, 1.54) is 19.3 Å². The van der Waals surface area contributed by atoms with Crippen molar-refractivity contribution < 1.29 is 14.3 Å². The first kappa shape index (κ1) is 24.9. The molecule has 7 heteroatoms. The SMILES string of the molecule is N[C@@H](Cc1cccs1)C(=O)N1CCC(Cc2ccccc2)(C(=O)NCOC2CCCCC2)CC1. The third-order valence-electron chi connectivity index (χ3n) is 7.32. The van der Waals surface area contributed by atoms with Crippen LogP contribution in [0.3, 0.4) is 0 Å². The average Bonchev–Trinajstić information content (AvgIpc) is 3.38. The van der Waals surface area contributed by atoms with E-state index in [0.717, 1.165) is 23.3 Å². The van der Waals surface area contributed by atoms with Crippen LogP contribution in [0.2, 0.25) is 0 Å². The van der Waals surface area contributed by atoms with Crippen molar-refractivity contribution in [1.82, 2.24) is 10.2 Å². The zero-order valence-corrected chi connectivity index (χ0v) is 20.7. The highest BCUT2D eigenvalue weighted by molar-refractivity contribution is 7.09. The Morgan fingerprint density at radius 2 is 1.82 bits per heavy atom. The van der Waals surface area contributed by atoms with Crippen LogP contribution in [-0.4, -0.2) is 48.7 Å². The van der Waals surface area contributed by atoms with Crippen molar-refractivity contribution in [2.75, 3.05) is 19.8 Å². The summed E-state index contributed by atoms with van der Waals surface area (Å²) in [6, 6.07) is 13.6. The first-order valence-electron chi connectivity index (χ1n) is 12.6. The van der Waals surface area contributed by atoms with Gasteiger partial charge in [0.05, 0.1) is 17.6 Å². The summed E-state index contributed by atoms with van der Waals surface area (Å²) in [5.74, 6) is 0.00453. The summed E-state index contributed by atoms with van der Waals surface area (Å²) < 4.78 is 5.97. The van der Waals surface area contributed by atoms with Crippen LogP contribution in [0.5, 0.6) is 0 Å². The summed E-state index contributed by atoms with van der Waals surface area (Å²) in [4.78, 5) is 29.4. The van der Waals surface area contributed by atoms with Crippen LogP contribution in [0.25, 0.3) is 0 Å². The molecule has 1 aromatic carbocycles. The molecule has 34 heavy (non-hydrogen) atoms. The number of piperidine rings is 1. The molecule has 0 radical (unpaired) electrons. The lowest BCUT2D eigenvalue weighted by molar-refractivity contribution is -0.142. The highest BCUT2D eigenvalue weighted by Gasteiger charge is 2.42. The Kier molecular flexibility index (Phi) is 8.75. The molecule has 1 aliphatic carbocycles. The molecule has 184 valence electrons. The number of nitrogens with zero attached hydrogens (tertiary/aromatic N) is 1. The van der Waals surface area contributed by atoms with Gasteiger partial charge in [-0.15, -0.1) is 11.3 Å². The lowest BCUT2D eigenvalue weighted by Crippen LogP contribution is -2.54. The molecule has 4 rings (SSSR count). The Morgan fingerprint density at radius 3 is 2.50 bits per heavy atom. The van der Waals surface area contributed by atoms with Crippen molar-refractivity contribution in [3.8, 4) is 0 Å². The third kappa shape index (κ3) is 6.46. The van der Waals surface area contributed by atoms with Gasteiger partial charge in [-0.05, 0) is 49.1 Å². The number of amides is 2. The summed E-state index contributed by atoms with van der Waals surface area (Å²) in [7, 11) is 0. The Hall–Kier alpha value is -2.22. The normalized spacial score (nSPS) is 19.5. The summed E-state index contributed by atoms with van der Waals surface area (Å²) in [5.41, 5.74) is 6.84. The highest BCUT2D eigenvalue weighted by atomic mass is 32.1. The second-order valence-corrected chi connectivity index (χ2v) is 10.8. The molecule has 1 atom stereocenters. The topological polar surface area (TPSA) is 84.7 Å². The smallest absolute Gasteiger partial charge is 0.239 e. The quantitative estimate of drug-likeness (QED) is 0.530. The number of hydrogen-bond donors (Lipinski definition) is 2. The van der Waals surface area contributed by atoms with Gasteiger partial charge in [0, 0.05) is 24.4 Å². The van der Waals surface area contributed by atoms with E-state index >= 15 is 0 Å². The van der Waals surface area contributed by atoms with Gasteiger partial charge in [-0.1, -0.05) is 55.7 Å². The molecule has 1 aromatic heterocycles. The number of thiophene rings is 1. The molecule has 2 amide bonds. The van der Waals surface area contributed by atoms with E-state index in [1.54, 1.807) is 11.3 Å². The van der Waals surface area contributed by atoms with Crippen molar-refractivity contribution in [3.05, 3.63) is 58.3 Å². The lowest BCUT2D eigenvalue weighted by Gasteiger charge is -2.41. The second-order valence-electron chi connectivity index (χ2n) is 9.73. The van der Waals surface area contributed by atoms with Crippen LogP contribution in [0.15, 0.2) is 47.8 Å². The van der Waals surface area contributed by atoms with Crippen LogP contribution in [-0.2, 0) is 27.2 Å². The number of ether oxygens (including phenoxy) is 1. The minimum absolute atomic E-state index is 0.0252. The number of nitrogens with two attached hydrogens (primary N) is 1. The number of benzene rings is 1. The minimum Gasteiger partial charge on any atom is -0.358 e. The fourth-order valence-corrected chi connectivity index (χ4v) is 6.00. The van der Waals surface area contributed by atoms with Gasteiger partial charge >= 0.3 is 0 Å². The molecule has 0 spiro atoms. The molecular weight excluding hydrogens is 446 g/mol. The molecule has 1 aliphatic heterocycles. The van der Waals surface area contributed by atoms with Crippen LogP contribution < -0.4 is 11.1 Å². The van der Waals surface area contributed by atoms with E-state index in [-0.39, 0.29) is 24.6 Å². The summed E-state index contributed by atoms with van der Waals surface area (Å²) >= 11 is 1.62. The van der Waals surface area contributed by atoms with Gasteiger partial charge in [-0.3, -0.25) is 9.59 Å². The molecular formula is C27H37N3O3S. The number of hydrogen-bond acceptors (Lipinski definition) is 5. The van der Waals surface area contributed by atoms with Crippen LogP contribution in [0.1, 0.15) is 55.4 Å². The number of carbonyl (C=O) groups is 2. The first-order chi connectivity index (χ1) is 16.6. The Labute approximate surface area is 206 Å². The van der Waals surface area contributed by atoms with Gasteiger partial charge in [0.2, 0.25) is 11.8 Å². The molecule has 3 N–H and O–H groups in total. The summed E-state index contributed by atoms with van der Waals surface area (Å²) in [6.07, 6.45) is 8.55. The van der Waals surface area contributed by atoms with Gasteiger partial charge in [0.25, 0.3) is 0 Å². The van der Waals surface area contributed by atoms with Crippen LogP contribution in [0, 0.1) is 5.41 Å². The fraction of sp³-hybridized carbons (Fsp3) is 0.556. The third-order valence-corrected chi connectivity index (χ3v) is 8.22. The molecule has 1 saturated heterocycles. The number of likely N-dealkylation sites (tertiary alicyclic amines) is 1. The summed E-state index contributed by atoms with van der Waals surface area (Å²) in [6.45, 7) is 1.34. The number of nitrogens with one attached hydrogen (secondary N) is 1. The molecule has 2 aliphatic rings. The molecule has 0 bridgehead atoms. The maximum atomic E-state index is 13.5. The Bertz CT molecular complexity index is 904. The Morgan fingerprint density at radius 1 is 1.09 bits per heavy atom. The first-order valence-corrected chi connectivity index (χ1v) is 13.4. The van der Waals surface area contributed by atoms with E-state index in [9.17, 15) is 9.59 Å². The lowest BCUT2D eigenvalue weighted by atomic mass is 9.73. The average molecular weight is 484 g/mol. The van der Waals surface area contributed by atoms with Gasteiger partial charge < -0.3 is 20.7 Å². The van der Waals surface area contributed by atoms with E-state index in [1.807, 2.05) is 40.6 Å². The van der Waals surface area contributed by atoms with E-state index in [2.05, 4.69) is 17.4 Å². The number of carbonyl (C=O) groups excluding carboxylic acids is 2. The molecule has 2 fully saturated rings. The van der Waals surface area contributed by atoms with Crippen molar-refractivity contribution in [3.63, 3.8) is 0 Å².